The van der Waals surface area contributed by atoms with E-state index in [-0.39, 0.29) is 29.7 Å². The van der Waals surface area contributed by atoms with Crippen molar-refractivity contribution in [3.63, 3.8) is 0 Å². The van der Waals surface area contributed by atoms with Gasteiger partial charge in [0.2, 0.25) is 11.8 Å². The van der Waals surface area contributed by atoms with Gasteiger partial charge in [0.15, 0.2) is 0 Å². The molecule has 0 aromatic carbocycles. The number of amides is 3. The van der Waals surface area contributed by atoms with Gasteiger partial charge in [-0.05, 0) is 31.8 Å². The number of carbonyl (C=O) groups is 3. The van der Waals surface area contributed by atoms with Gasteiger partial charge in [0.05, 0.1) is 5.54 Å². The molecule has 21 heavy (non-hydrogen) atoms. The Hall–Kier alpha value is -2.17. The Morgan fingerprint density at radius 1 is 1.33 bits per heavy atom. The first-order valence-corrected chi connectivity index (χ1v) is 7.22. The van der Waals surface area contributed by atoms with E-state index in [1.165, 1.54) is 0 Å². The molecule has 110 valence electrons. The van der Waals surface area contributed by atoms with Crippen LogP contribution in [0.2, 0.25) is 0 Å². The largest absolute Gasteiger partial charge is 0.317 e. The predicted molar refractivity (Wildman–Crippen MR) is 77.0 cm³/mol. The molecule has 5 heteroatoms. The topological polar surface area (TPSA) is 66.5 Å². The second-order valence-corrected chi connectivity index (χ2v) is 5.69. The van der Waals surface area contributed by atoms with Crippen LogP contribution >= 0.6 is 0 Å². The van der Waals surface area contributed by atoms with E-state index in [4.69, 9.17) is 0 Å². The number of allylic oxidation sites excluding steroid dienone is 3. The highest BCUT2D eigenvalue weighted by Gasteiger charge is 2.62. The van der Waals surface area contributed by atoms with Gasteiger partial charge in [-0.2, -0.15) is 0 Å². The number of nitrogens with one attached hydrogen (secondary N) is 1. The molecule has 0 radical (unpaired) electrons. The number of hydrogen-bond acceptors (Lipinski definition) is 3. The Morgan fingerprint density at radius 3 is 2.57 bits per heavy atom. The molecule has 1 atom stereocenters. The molecule has 0 aromatic rings. The predicted octanol–water partition coefficient (Wildman–Crippen LogP) is 1.23. The maximum Gasteiger partial charge on any atom is 0.255 e. The van der Waals surface area contributed by atoms with E-state index < -0.39 is 6.04 Å². The maximum atomic E-state index is 12.7. The van der Waals surface area contributed by atoms with E-state index in [0.717, 1.165) is 18.4 Å². The van der Waals surface area contributed by atoms with Gasteiger partial charge in [-0.3, -0.25) is 19.7 Å². The summed E-state index contributed by atoms with van der Waals surface area (Å²) in [5, 5.41) is 2.34. The SMILES string of the molecule is C=C/C=C1\C(=C/C)C(=O)N(C2CCC(=O)NC2=O)C12CC2. The van der Waals surface area contributed by atoms with Crippen LogP contribution in [-0.2, 0) is 14.4 Å². The molecule has 1 saturated carbocycles. The molecule has 1 spiro atoms. The fraction of sp³-hybridized carbons (Fsp3) is 0.438. The van der Waals surface area contributed by atoms with Crippen LogP contribution in [0.5, 0.6) is 0 Å². The highest BCUT2D eigenvalue weighted by atomic mass is 16.2. The van der Waals surface area contributed by atoms with Crippen LogP contribution < -0.4 is 5.32 Å². The summed E-state index contributed by atoms with van der Waals surface area (Å²) < 4.78 is 0. The Balaban J connectivity index is 2.01. The van der Waals surface area contributed by atoms with Crippen molar-refractivity contribution in [2.24, 2.45) is 0 Å². The Morgan fingerprint density at radius 2 is 2.05 bits per heavy atom. The molecule has 3 fully saturated rings. The fourth-order valence-electron chi connectivity index (χ4n) is 3.46. The number of likely N-dealkylation sites (tertiary alicyclic amines) is 1. The monoisotopic (exact) mass is 286 g/mol. The Kier molecular flexibility index (Phi) is 3.08. The van der Waals surface area contributed by atoms with E-state index in [2.05, 4.69) is 11.9 Å². The lowest BCUT2D eigenvalue weighted by Gasteiger charge is -2.34. The second-order valence-electron chi connectivity index (χ2n) is 5.69. The summed E-state index contributed by atoms with van der Waals surface area (Å²) in [6.07, 6.45) is 7.73. The minimum Gasteiger partial charge on any atom is -0.317 e. The van der Waals surface area contributed by atoms with Gasteiger partial charge < -0.3 is 4.90 Å². The summed E-state index contributed by atoms with van der Waals surface area (Å²) >= 11 is 0. The Bertz CT molecular complexity index is 611. The van der Waals surface area contributed by atoms with Gasteiger partial charge in [0.1, 0.15) is 6.04 Å². The van der Waals surface area contributed by atoms with E-state index in [1.54, 1.807) is 17.1 Å². The second kappa shape index (κ2) is 4.69. The quantitative estimate of drug-likeness (QED) is 0.613. The number of hydrogen-bond donors (Lipinski definition) is 1. The van der Waals surface area contributed by atoms with Crippen molar-refractivity contribution in [3.05, 3.63) is 36.0 Å². The number of imide groups is 1. The summed E-state index contributed by atoms with van der Waals surface area (Å²) in [7, 11) is 0. The van der Waals surface area contributed by atoms with Gasteiger partial charge in [-0.15, -0.1) is 0 Å². The molecule has 3 rings (SSSR count). The number of rotatable bonds is 2. The van der Waals surface area contributed by atoms with Crippen molar-refractivity contribution >= 4 is 17.7 Å². The molecule has 1 N–H and O–H groups in total. The first-order chi connectivity index (χ1) is 10.0. The van der Waals surface area contributed by atoms with E-state index in [9.17, 15) is 14.4 Å². The normalized spacial score (nSPS) is 31.2. The molecule has 2 aliphatic heterocycles. The summed E-state index contributed by atoms with van der Waals surface area (Å²) in [5.74, 6) is -0.736. The van der Waals surface area contributed by atoms with Crippen LogP contribution in [0.1, 0.15) is 32.6 Å². The molecule has 3 amide bonds. The lowest BCUT2D eigenvalue weighted by Crippen LogP contribution is -2.56. The zero-order valence-electron chi connectivity index (χ0n) is 12.0. The van der Waals surface area contributed by atoms with Crippen LogP contribution in [0.25, 0.3) is 0 Å². The van der Waals surface area contributed by atoms with Gasteiger partial charge in [-0.25, -0.2) is 0 Å². The van der Waals surface area contributed by atoms with Crippen molar-refractivity contribution < 1.29 is 14.4 Å². The molecule has 2 saturated heterocycles. The fourth-order valence-corrected chi connectivity index (χ4v) is 3.46. The highest BCUT2D eigenvalue weighted by Crippen LogP contribution is 2.56. The van der Waals surface area contributed by atoms with Crippen LogP contribution in [0, 0.1) is 0 Å². The number of carbonyl (C=O) groups excluding carboxylic acids is 3. The molecule has 0 bridgehead atoms. The minimum atomic E-state index is -0.552. The van der Waals surface area contributed by atoms with Gasteiger partial charge in [0, 0.05) is 12.0 Å². The van der Waals surface area contributed by atoms with Crippen LogP contribution in [0.3, 0.4) is 0 Å². The maximum absolute atomic E-state index is 12.7. The van der Waals surface area contributed by atoms with Crippen LogP contribution in [0.4, 0.5) is 0 Å². The highest BCUT2D eigenvalue weighted by molar-refractivity contribution is 6.08. The van der Waals surface area contributed by atoms with Crippen LogP contribution in [0.15, 0.2) is 36.0 Å². The van der Waals surface area contributed by atoms with Crippen molar-refractivity contribution in [2.45, 2.75) is 44.2 Å². The number of nitrogens with zero attached hydrogens (tertiary/aromatic N) is 1. The summed E-state index contributed by atoms with van der Waals surface area (Å²) in [4.78, 5) is 37.9. The third-order valence-corrected chi connectivity index (χ3v) is 4.52. The van der Waals surface area contributed by atoms with Crippen molar-refractivity contribution in [2.75, 3.05) is 0 Å². The van der Waals surface area contributed by atoms with Gasteiger partial charge in [-0.1, -0.05) is 24.8 Å². The standard InChI is InChI=1S/C16H18N2O3/c1-3-5-11-10(4-2)15(21)18(16(11)8-9-16)12-6-7-13(19)17-14(12)20/h3-5,12H,1,6-9H2,2H3,(H,17,19,20)/b10-4+,11-5+. The molecule has 1 aliphatic carbocycles. The molecular weight excluding hydrogens is 268 g/mol. The lowest BCUT2D eigenvalue weighted by atomic mass is 9.98. The third-order valence-electron chi connectivity index (χ3n) is 4.52. The summed E-state index contributed by atoms with van der Waals surface area (Å²) in [5.41, 5.74) is 1.24. The van der Waals surface area contributed by atoms with Crippen molar-refractivity contribution in [1.29, 1.82) is 0 Å². The third kappa shape index (κ3) is 1.87. The van der Waals surface area contributed by atoms with Gasteiger partial charge >= 0.3 is 0 Å². The van der Waals surface area contributed by atoms with Crippen LogP contribution in [-0.4, -0.2) is 34.2 Å². The van der Waals surface area contributed by atoms with Gasteiger partial charge in [0.25, 0.3) is 5.91 Å². The minimum absolute atomic E-state index is 0.113. The number of piperidine rings is 1. The van der Waals surface area contributed by atoms with Crippen molar-refractivity contribution in [3.8, 4) is 0 Å². The van der Waals surface area contributed by atoms with E-state index in [1.807, 2.05) is 13.0 Å². The van der Waals surface area contributed by atoms with E-state index in [0.29, 0.717) is 12.0 Å². The molecular formula is C16H18N2O3. The zero-order chi connectivity index (χ0) is 15.2. The molecule has 0 aromatic heterocycles. The smallest absolute Gasteiger partial charge is 0.255 e. The molecule has 5 nitrogen and oxygen atoms in total. The zero-order valence-corrected chi connectivity index (χ0v) is 12.0. The summed E-state index contributed by atoms with van der Waals surface area (Å²) in [6, 6.07) is -0.552. The molecule has 1 unspecified atom stereocenters. The average molecular weight is 286 g/mol. The van der Waals surface area contributed by atoms with Crippen molar-refractivity contribution in [1.82, 2.24) is 10.2 Å². The van der Waals surface area contributed by atoms with E-state index >= 15 is 0 Å². The summed E-state index contributed by atoms with van der Waals surface area (Å²) in [6.45, 7) is 5.54. The lowest BCUT2D eigenvalue weighted by molar-refractivity contribution is -0.144. The Labute approximate surface area is 123 Å². The molecule has 2 heterocycles. The average Bonchev–Trinajstić information content (AvgIpc) is 3.18. The first-order valence-electron chi connectivity index (χ1n) is 7.22. The molecule has 3 aliphatic rings. The first kappa shape index (κ1) is 13.8.